The maximum Gasteiger partial charge on any atom is 0.335 e. The second-order valence-corrected chi connectivity index (χ2v) is 5.04. The first-order valence-corrected chi connectivity index (χ1v) is 6.91. The van der Waals surface area contributed by atoms with Crippen LogP contribution in [0.3, 0.4) is 0 Å². The van der Waals surface area contributed by atoms with Crippen LogP contribution < -0.4 is 5.32 Å². The number of thioether (sulfide) groups is 1. The minimum absolute atomic E-state index is 0.0981. The highest BCUT2D eigenvalue weighted by molar-refractivity contribution is 7.99. The van der Waals surface area contributed by atoms with Crippen molar-refractivity contribution in [2.45, 2.75) is 20.3 Å². The number of nitrogens with one attached hydrogen (secondary N) is 1. The molecular formula is C13H17NO3S. The number of hydrogen-bond acceptors (Lipinski definition) is 3. The van der Waals surface area contributed by atoms with Crippen molar-refractivity contribution in [2.24, 2.45) is 0 Å². The van der Waals surface area contributed by atoms with Crippen molar-refractivity contribution in [3.05, 3.63) is 29.3 Å². The third-order valence-corrected chi connectivity index (χ3v) is 3.50. The van der Waals surface area contributed by atoms with E-state index >= 15 is 0 Å². The van der Waals surface area contributed by atoms with Crippen LogP contribution in [-0.4, -0.2) is 28.5 Å². The van der Waals surface area contributed by atoms with Gasteiger partial charge in [-0.2, -0.15) is 11.8 Å². The van der Waals surface area contributed by atoms with Gasteiger partial charge in [0.1, 0.15) is 0 Å². The molecule has 0 aliphatic rings. The molecule has 98 valence electrons. The van der Waals surface area contributed by atoms with Gasteiger partial charge in [-0.15, -0.1) is 0 Å². The predicted octanol–water partition coefficient (Wildman–Crippen LogP) is 2.77. The smallest absolute Gasteiger partial charge is 0.335 e. The number of amides is 1. The SMILES string of the molecule is CCCSCC(=O)Nc1cc(C(=O)O)ccc1C. The number of aromatic carboxylic acids is 1. The molecule has 5 heteroatoms. The molecule has 0 heterocycles. The molecule has 0 saturated heterocycles. The Hall–Kier alpha value is -1.49. The molecule has 0 atom stereocenters. The fraction of sp³-hybridized carbons (Fsp3) is 0.385. The van der Waals surface area contributed by atoms with Crippen molar-refractivity contribution in [3.8, 4) is 0 Å². The van der Waals surface area contributed by atoms with Crippen molar-refractivity contribution < 1.29 is 14.7 Å². The van der Waals surface area contributed by atoms with E-state index in [0.29, 0.717) is 11.4 Å². The number of benzene rings is 1. The lowest BCUT2D eigenvalue weighted by Crippen LogP contribution is -2.15. The minimum Gasteiger partial charge on any atom is -0.478 e. The highest BCUT2D eigenvalue weighted by Gasteiger charge is 2.08. The van der Waals surface area contributed by atoms with Gasteiger partial charge in [-0.3, -0.25) is 4.79 Å². The second-order valence-electron chi connectivity index (χ2n) is 3.94. The van der Waals surface area contributed by atoms with Crippen LogP contribution in [0.15, 0.2) is 18.2 Å². The highest BCUT2D eigenvalue weighted by atomic mass is 32.2. The molecule has 0 fully saturated rings. The molecule has 0 aliphatic carbocycles. The van der Waals surface area contributed by atoms with Gasteiger partial charge in [0.25, 0.3) is 0 Å². The predicted molar refractivity (Wildman–Crippen MR) is 74.4 cm³/mol. The largest absolute Gasteiger partial charge is 0.478 e. The van der Waals surface area contributed by atoms with E-state index in [9.17, 15) is 9.59 Å². The zero-order valence-electron chi connectivity index (χ0n) is 10.5. The zero-order chi connectivity index (χ0) is 13.5. The van der Waals surface area contributed by atoms with Crippen LogP contribution >= 0.6 is 11.8 Å². The topological polar surface area (TPSA) is 66.4 Å². The van der Waals surface area contributed by atoms with Crippen molar-refractivity contribution in [3.63, 3.8) is 0 Å². The molecule has 1 aromatic rings. The maximum absolute atomic E-state index is 11.6. The molecule has 0 spiro atoms. The number of anilines is 1. The Kier molecular flexibility index (Phi) is 5.71. The third-order valence-electron chi connectivity index (χ3n) is 2.34. The van der Waals surface area contributed by atoms with E-state index in [1.165, 1.54) is 12.1 Å². The average molecular weight is 267 g/mol. The van der Waals surface area contributed by atoms with Gasteiger partial charge in [0.05, 0.1) is 11.3 Å². The Balaban J connectivity index is 2.68. The number of rotatable bonds is 6. The summed E-state index contributed by atoms with van der Waals surface area (Å²) in [7, 11) is 0. The lowest BCUT2D eigenvalue weighted by molar-refractivity contribution is -0.113. The Morgan fingerprint density at radius 2 is 2.11 bits per heavy atom. The van der Waals surface area contributed by atoms with Gasteiger partial charge >= 0.3 is 5.97 Å². The molecule has 1 amide bonds. The number of carbonyl (C=O) groups is 2. The molecule has 1 rings (SSSR count). The van der Waals surface area contributed by atoms with Crippen LogP contribution in [0.1, 0.15) is 29.3 Å². The van der Waals surface area contributed by atoms with E-state index in [4.69, 9.17) is 5.11 Å². The third kappa shape index (κ3) is 4.41. The summed E-state index contributed by atoms with van der Waals surface area (Å²) < 4.78 is 0. The molecule has 0 aliphatic heterocycles. The molecule has 0 radical (unpaired) electrons. The van der Waals surface area contributed by atoms with E-state index in [2.05, 4.69) is 12.2 Å². The first-order valence-electron chi connectivity index (χ1n) is 5.76. The van der Waals surface area contributed by atoms with Gasteiger partial charge in [0.15, 0.2) is 0 Å². The molecule has 2 N–H and O–H groups in total. The van der Waals surface area contributed by atoms with Gasteiger partial charge in [-0.25, -0.2) is 4.79 Å². The molecule has 0 unspecified atom stereocenters. The van der Waals surface area contributed by atoms with Gasteiger partial charge in [-0.05, 0) is 36.8 Å². The lowest BCUT2D eigenvalue weighted by Gasteiger charge is -2.09. The number of carboxylic acids is 1. The van der Waals surface area contributed by atoms with Crippen LogP contribution in [0, 0.1) is 6.92 Å². The van der Waals surface area contributed by atoms with Crippen molar-refractivity contribution in [1.82, 2.24) is 0 Å². The Morgan fingerprint density at radius 3 is 2.72 bits per heavy atom. The normalized spacial score (nSPS) is 10.1. The maximum atomic E-state index is 11.6. The lowest BCUT2D eigenvalue weighted by atomic mass is 10.1. The quantitative estimate of drug-likeness (QED) is 0.778. The Morgan fingerprint density at radius 1 is 1.39 bits per heavy atom. The van der Waals surface area contributed by atoms with Crippen LogP contribution in [0.25, 0.3) is 0 Å². The molecule has 1 aromatic carbocycles. The molecular weight excluding hydrogens is 250 g/mol. The van der Waals surface area contributed by atoms with E-state index in [1.54, 1.807) is 17.8 Å². The first kappa shape index (κ1) is 14.6. The summed E-state index contributed by atoms with van der Waals surface area (Å²) in [6.07, 6.45) is 1.03. The fourth-order valence-electron chi connectivity index (χ4n) is 1.39. The van der Waals surface area contributed by atoms with Crippen LogP contribution in [0.5, 0.6) is 0 Å². The molecule has 0 aromatic heterocycles. The zero-order valence-corrected chi connectivity index (χ0v) is 11.3. The highest BCUT2D eigenvalue weighted by Crippen LogP contribution is 2.17. The van der Waals surface area contributed by atoms with Crippen LogP contribution in [-0.2, 0) is 4.79 Å². The van der Waals surface area contributed by atoms with Crippen LogP contribution in [0.2, 0.25) is 0 Å². The van der Waals surface area contributed by atoms with E-state index in [-0.39, 0.29) is 11.5 Å². The average Bonchev–Trinajstić information content (AvgIpc) is 2.32. The summed E-state index contributed by atoms with van der Waals surface area (Å²) in [5, 5.41) is 11.6. The van der Waals surface area contributed by atoms with Crippen LogP contribution in [0.4, 0.5) is 5.69 Å². The van der Waals surface area contributed by atoms with Gasteiger partial charge in [0, 0.05) is 5.69 Å². The summed E-state index contributed by atoms with van der Waals surface area (Å²) in [6, 6.07) is 4.71. The van der Waals surface area contributed by atoms with Crippen molar-refractivity contribution in [2.75, 3.05) is 16.8 Å². The van der Waals surface area contributed by atoms with E-state index in [0.717, 1.165) is 17.7 Å². The van der Waals surface area contributed by atoms with Crippen molar-refractivity contribution >= 4 is 29.3 Å². The summed E-state index contributed by atoms with van der Waals surface area (Å²) in [5.74, 6) is 0.247. The summed E-state index contributed by atoms with van der Waals surface area (Å²) >= 11 is 1.57. The Labute approximate surface area is 111 Å². The molecule has 0 bridgehead atoms. The first-order chi connectivity index (χ1) is 8.54. The standard InChI is InChI=1S/C13H17NO3S/c1-3-6-18-8-12(15)14-11-7-10(13(16)17)5-4-9(11)2/h4-5,7H,3,6,8H2,1-2H3,(H,14,15)(H,16,17). The second kappa shape index (κ2) is 7.06. The summed E-state index contributed by atoms with van der Waals surface area (Å²) in [5.41, 5.74) is 1.60. The Bertz CT molecular complexity index is 446. The molecule has 4 nitrogen and oxygen atoms in total. The van der Waals surface area contributed by atoms with Gasteiger partial charge < -0.3 is 10.4 Å². The number of aryl methyl sites for hydroxylation is 1. The number of carboxylic acid groups (broad SMARTS) is 1. The molecule has 0 saturated carbocycles. The number of hydrogen-bond donors (Lipinski definition) is 2. The monoisotopic (exact) mass is 267 g/mol. The van der Waals surface area contributed by atoms with Gasteiger partial charge in [0.2, 0.25) is 5.91 Å². The fourth-order valence-corrected chi connectivity index (χ4v) is 2.08. The van der Waals surface area contributed by atoms with E-state index in [1.807, 2.05) is 6.92 Å². The molecule has 18 heavy (non-hydrogen) atoms. The number of carbonyl (C=O) groups excluding carboxylic acids is 1. The minimum atomic E-state index is -0.995. The summed E-state index contributed by atoms with van der Waals surface area (Å²) in [4.78, 5) is 22.5. The van der Waals surface area contributed by atoms with E-state index < -0.39 is 5.97 Å². The summed E-state index contributed by atoms with van der Waals surface area (Å²) in [6.45, 7) is 3.89. The van der Waals surface area contributed by atoms with Gasteiger partial charge in [-0.1, -0.05) is 13.0 Å². The van der Waals surface area contributed by atoms with Crippen molar-refractivity contribution in [1.29, 1.82) is 0 Å².